The molecule has 0 radical (unpaired) electrons. The van der Waals surface area contributed by atoms with Crippen LogP contribution >= 0.6 is 0 Å². The Kier molecular flexibility index (Phi) is 7.35. The van der Waals surface area contributed by atoms with Crippen molar-refractivity contribution in [3.8, 4) is 17.2 Å². The minimum Gasteiger partial charge on any atom is -0.490 e. The van der Waals surface area contributed by atoms with Gasteiger partial charge in [-0.25, -0.2) is 0 Å². The molecule has 3 aromatic rings. The summed E-state index contributed by atoms with van der Waals surface area (Å²) < 4.78 is 17.1. The first-order valence-corrected chi connectivity index (χ1v) is 11.5. The third-order valence-corrected chi connectivity index (χ3v) is 5.77. The Bertz CT molecular complexity index is 1090. The van der Waals surface area contributed by atoms with Crippen molar-refractivity contribution in [1.82, 2.24) is 4.90 Å². The van der Waals surface area contributed by atoms with E-state index in [-0.39, 0.29) is 25.1 Å². The Balaban J connectivity index is 1.32. The van der Waals surface area contributed by atoms with Crippen LogP contribution in [-0.4, -0.2) is 54.4 Å². The number of ether oxygens (including phenoxy) is 3. The number of benzene rings is 3. The number of rotatable bonds is 9. The monoisotopic (exact) mass is 449 g/mol. The zero-order chi connectivity index (χ0) is 23.2. The number of nitrogens with zero attached hydrogens (tertiary/aromatic N) is 1. The number of hydrogen-bond acceptors (Lipinski definition) is 5. The number of hydrogen-bond donors (Lipinski definition) is 1. The van der Waals surface area contributed by atoms with E-state index in [0.29, 0.717) is 26.1 Å². The highest BCUT2D eigenvalue weighted by molar-refractivity contribution is 5.88. The number of aliphatic hydroxyl groups is 1. The lowest BCUT2D eigenvalue weighted by Gasteiger charge is -2.29. The maximum atomic E-state index is 12.9. The van der Waals surface area contributed by atoms with Crippen LogP contribution < -0.4 is 14.2 Å². The molecule has 0 aromatic heterocycles. The molecule has 0 saturated carbocycles. The zero-order valence-electron chi connectivity index (χ0n) is 19.2. The number of carbonyl (C=O) groups is 1. The minimum atomic E-state index is -0.787. The Morgan fingerprint density at radius 3 is 2.61 bits per heavy atom. The Hall–Kier alpha value is -3.25. The average Bonchev–Trinajstić information content (AvgIpc) is 2.84. The summed E-state index contributed by atoms with van der Waals surface area (Å²) in [5, 5.41) is 12.7. The first-order chi connectivity index (χ1) is 16.0. The van der Waals surface area contributed by atoms with Gasteiger partial charge >= 0.3 is 0 Å². The lowest BCUT2D eigenvalue weighted by Crippen LogP contribution is -2.43. The second kappa shape index (κ2) is 10.6. The van der Waals surface area contributed by atoms with E-state index in [9.17, 15) is 9.90 Å². The van der Waals surface area contributed by atoms with Crippen LogP contribution in [0, 0.1) is 0 Å². The topological polar surface area (TPSA) is 68.2 Å². The van der Waals surface area contributed by atoms with Gasteiger partial charge in [0.2, 0.25) is 5.91 Å². The van der Waals surface area contributed by atoms with Crippen LogP contribution in [0.3, 0.4) is 0 Å². The van der Waals surface area contributed by atoms with E-state index < -0.39 is 6.10 Å². The molecule has 1 heterocycles. The molecule has 3 aromatic carbocycles. The van der Waals surface area contributed by atoms with Gasteiger partial charge in [-0.15, -0.1) is 0 Å². The fourth-order valence-corrected chi connectivity index (χ4v) is 4.03. The van der Waals surface area contributed by atoms with Gasteiger partial charge in [-0.05, 0) is 49.4 Å². The molecule has 0 saturated heterocycles. The van der Waals surface area contributed by atoms with Gasteiger partial charge in [-0.3, -0.25) is 4.79 Å². The van der Waals surface area contributed by atoms with Crippen molar-refractivity contribution in [1.29, 1.82) is 0 Å². The van der Waals surface area contributed by atoms with Crippen molar-refractivity contribution in [3.05, 3.63) is 66.2 Å². The second-order valence-corrected chi connectivity index (χ2v) is 8.56. The fraction of sp³-hybridized carbons (Fsp3) is 0.370. The number of amides is 1. The maximum absolute atomic E-state index is 12.9. The molecule has 1 unspecified atom stereocenters. The molecule has 6 heteroatoms. The minimum absolute atomic E-state index is 0.00380. The van der Waals surface area contributed by atoms with Gasteiger partial charge in [0.25, 0.3) is 0 Å². The number of fused-ring (bicyclic) bond motifs is 2. The molecule has 0 spiro atoms. The molecule has 1 atom stereocenters. The van der Waals surface area contributed by atoms with Crippen molar-refractivity contribution in [2.24, 2.45) is 0 Å². The Morgan fingerprint density at radius 1 is 1.03 bits per heavy atom. The van der Waals surface area contributed by atoms with Gasteiger partial charge in [-0.2, -0.15) is 0 Å². The summed E-state index contributed by atoms with van der Waals surface area (Å²) in [6.07, 6.45) is 0.167. The third kappa shape index (κ3) is 5.76. The molecule has 1 aliphatic rings. The van der Waals surface area contributed by atoms with Crippen molar-refractivity contribution >= 4 is 16.7 Å². The van der Waals surface area contributed by atoms with Crippen LogP contribution in [0.15, 0.2) is 60.7 Å². The van der Waals surface area contributed by atoms with Gasteiger partial charge in [0, 0.05) is 17.8 Å². The number of carbonyl (C=O) groups excluding carboxylic acids is 1. The highest BCUT2D eigenvalue weighted by Gasteiger charge is 2.21. The van der Waals surface area contributed by atoms with E-state index in [0.717, 1.165) is 33.6 Å². The SMILES string of the molecule is CC(C)N(CC(O)COc1cccc2ccccc12)C(=O)CCc1ccc2c(c1)OCCO2. The van der Waals surface area contributed by atoms with E-state index in [4.69, 9.17) is 14.2 Å². The number of aliphatic hydroxyl groups excluding tert-OH is 1. The summed E-state index contributed by atoms with van der Waals surface area (Å²) >= 11 is 0. The van der Waals surface area contributed by atoms with Crippen molar-refractivity contribution < 1.29 is 24.1 Å². The van der Waals surface area contributed by atoms with Crippen LogP contribution in [0.25, 0.3) is 10.8 Å². The van der Waals surface area contributed by atoms with Crippen LogP contribution in [0.2, 0.25) is 0 Å². The van der Waals surface area contributed by atoms with Gasteiger partial charge in [0.05, 0.1) is 6.54 Å². The summed E-state index contributed by atoms with van der Waals surface area (Å²) in [5.41, 5.74) is 1.02. The standard InChI is InChI=1S/C27H31NO5/c1-19(2)28(27(30)13-11-20-10-12-25-26(16-20)32-15-14-31-25)17-22(29)18-33-24-9-5-7-21-6-3-4-8-23(21)24/h3-10,12,16,19,22,29H,11,13-15,17-18H2,1-2H3. The first kappa shape index (κ1) is 22.9. The van der Waals surface area contributed by atoms with E-state index >= 15 is 0 Å². The molecule has 1 aliphatic heterocycles. The molecule has 1 amide bonds. The van der Waals surface area contributed by atoms with Crippen LogP contribution in [-0.2, 0) is 11.2 Å². The maximum Gasteiger partial charge on any atom is 0.223 e. The molecule has 33 heavy (non-hydrogen) atoms. The normalized spacial score (nSPS) is 13.7. The van der Waals surface area contributed by atoms with Crippen LogP contribution in [0.1, 0.15) is 25.8 Å². The predicted octanol–water partition coefficient (Wildman–Crippen LogP) is 4.22. The molecule has 4 rings (SSSR count). The third-order valence-electron chi connectivity index (χ3n) is 5.77. The highest BCUT2D eigenvalue weighted by atomic mass is 16.6. The van der Waals surface area contributed by atoms with E-state index in [1.165, 1.54) is 0 Å². The molecule has 6 nitrogen and oxygen atoms in total. The molecular formula is C27H31NO5. The molecular weight excluding hydrogens is 418 g/mol. The lowest BCUT2D eigenvalue weighted by molar-refractivity contribution is -0.134. The molecule has 0 fully saturated rings. The Morgan fingerprint density at radius 2 is 1.79 bits per heavy atom. The van der Waals surface area contributed by atoms with Crippen molar-refractivity contribution in [2.75, 3.05) is 26.4 Å². The largest absolute Gasteiger partial charge is 0.490 e. The van der Waals surface area contributed by atoms with E-state index in [1.54, 1.807) is 4.90 Å². The quantitative estimate of drug-likeness (QED) is 0.530. The van der Waals surface area contributed by atoms with Crippen molar-refractivity contribution in [3.63, 3.8) is 0 Å². The number of aryl methyl sites for hydroxylation is 1. The summed E-state index contributed by atoms with van der Waals surface area (Å²) in [7, 11) is 0. The molecule has 174 valence electrons. The smallest absolute Gasteiger partial charge is 0.223 e. The summed E-state index contributed by atoms with van der Waals surface area (Å²) in [5.74, 6) is 2.21. The summed E-state index contributed by atoms with van der Waals surface area (Å²) in [4.78, 5) is 14.7. The molecule has 1 N–H and O–H groups in total. The lowest BCUT2D eigenvalue weighted by atomic mass is 10.1. The van der Waals surface area contributed by atoms with Crippen LogP contribution in [0.4, 0.5) is 0 Å². The Labute approximate surface area is 194 Å². The van der Waals surface area contributed by atoms with E-state index in [2.05, 4.69) is 0 Å². The summed E-state index contributed by atoms with van der Waals surface area (Å²) in [6.45, 7) is 5.35. The highest BCUT2D eigenvalue weighted by Crippen LogP contribution is 2.31. The van der Waals surface area contributed by atoms with Gasteiger partial charge in [-0.1, -0.05) is 42.5 Å². The summed E-state index contributed by atoms with van der Waals surface area (Å²) in [6, 6.07) is 19.6. The predicted molar refractivity (Wildman–Crippen MR) is 128 cm³/mol. The van der Waals surface area contributed by atoms with Gasteiger partial charge in [0.15, 0.2) is 11.5 Å². The zero-order valence-corrected chi connectivity index (χ0v) is 19.2. The second-order valence-electron chi connectivity index (χ2n) is 8.56. The van der Waals surface area contributed by atoms with Gasteiger partial charge in [0.1, 0.15) is 31.7 Å². The molecule has 0 bridgehead atoms. The van der Waals surface area contributed by atoms with Crippen LogP contribution in [0.5, 0.6) is 17.2 Å². The van der Waals surface area contributed by atoms with Gasteiger partial charge < -0.3 is 24.2 Å². The van der Waals surface area contributed by atoms with E-state index in [1.807, 2.05) is 74.5 Å². The first-order valence-electron chi connectivity index (χ1n) is 11.5. The molecule has 0 aliphatic carbocycles. The fourth-order valence-electron chi connectivity index (χ4n) is 4.03. The average molecular weight is 450 g/mol. The van der Waals surface area contributed by atoms with Crippen molar-refractivity contribution in [2.45, 2.75) is 38.8 Å².